The molecule has 0 fully saturated rings. The molecule has 0 bridgehead atoms. The molecule has 0 unspecified atom stereocenters. The van der Waals surface area contributed by atoms with Gasteiger partial charge in [0, 0.05) is 5.02 Å². The maximum atomic E-state index is 12.9. The molecule has 4 nitrogen and oxygen atoms in total. The number of nitrogens with one attached hydrogen (secondary N) is 1. The van der Waals surface area contributed by atoms with Crippen molar-refractivity contribution in [3.63, 3.8) is 0 Å². The van der Waals surface area contributed by atoms with E-state index in [0.717, 1.165) is 0 Å². The van der Waals surface area contributed by atoms with Gasteiger partial charge in [-0.1, -0.05) is 23.7 Å². The monoisotopic (exact) mass is 318 g/mol. The van der Waals surface area contributed by atoms with Crippen molar-refractivity contribution >= 4 is 17.5 Å². The third-order valence-corrected chi connectivity index (χ3v) is 3.07. The van der Waals surface area contributed by atoms with Gasteiger partial charge in [0.15, 0.2) is 6.61 Å². The molecule has 6 heteroatoms. The van der Waals surface area contributed by atoms with Gasteiger partial charge >= 0.3 is 0 Å². The molecule has 1 N–H and O–H groups in total. The van der Waals surface area contributed by atoms with Gasteiger partial charge < -0.3 is 10.1 Å². The van der Waals surface area contributed by atoms with Gasteiger partial charge in [-0.2, -0.15) is 5.26 Å². The molecule has 0 spiro atoms. The molecule has 0 saturated heterocycles. The molecule has 0 aliphatic rings. The Hall–Kier alpha value is -2.58. The molecule has 1 amide bonds. The Balaban J connectivity index is 1.91. The first-order chi connectivity index (χ1) is 10.6. The van der Waals surface area contributed by atoms with Crippen molar-refractivity contribution in [1.82, 2.24) is 5.32 Å². The first-order valence-electron chi connectivity index (χ1n) is 6.41. The smallest absolute Gasteiger partial charge is 0.259 e. The van der Waals surface area contributed by atoms with Crippen molar-refractivity contribution in [2.24, 2.45) is 0 Å². The zero-order chi connectivity index (χ0) is 15.9. The van der Waals surface area contributed by atoms with E-state index in [1.165, 1.54) is 24.3 Å². The van der Waals surface area contributed by atoms with Crippen LogP contribution in [0.1, 0.15) is 11.6 Å². The van der Waals surface area contributed by atoms with Crippen molar-refractivity contribution in [3.05, 3.63) is 64.9 Å². The SMILES string of the molecule is N#C[C@H](NC(=O)COc1ccc(Cl)cc1)c1ccc(F)cc1. The van der Waals surface area contributed by atoms with Crippen molar-refractivity contribution < 1.29 is 13.9 Å². The minimum absolute atomic E-state index is 0.235. The first kappa shape index (κ1) is 15.8. The summed E-state index contributed by atoms with van der Waals surface area (Å²) in [5, 5.41) is 12.2. The molecule has 0 heterocycles. The predicted molar refractivity (Wildman–Crippen MR) is 79.8 cm³/mol. The fraction of sp³-hybridized carbons (Fsp3) is 0.125. The van der Waals surface area contributed by atoms with Crippen LogP contribution in [0.3, 0.4) is 0 Å². The van der Waals surface area contributed by atoms with Crippen LogP contribution >= 0.6 is 11.6 Å². The first-order valence-corrected chi connectivity index (χ1v) is 6.79. The number of hydrogen-bond acceptors (Lipinski definition) is 3. The van der Waals surface area contributed by atoms with Crippen LogP contribution in [-0.2, 0) is 4.79 Å². The Morgan fingerprint density at radius 2 is 1.86 bits per heavy atom. The van der Waals surface area contributed by atoms with Crippen molar-refractivity contribution in [2.45, 2.75) is 6.04 Å². The lowest BCUT2D eigenvalue weighted by Gasteiger charge is -2.12. The number of benzene rings is 2. The van der Waals surface area contributed by atoms with E-state index in [2.05, 4.69) is 5.32 Å². The Kier molecular flexibility index (Phi) is 5.34. The van der Waals surface area contributed by atoms with E-state index in [1.807, 2.05) is 6.07 Å². The minimum Gasteiger partial charge on any atom is -0.484 e. The summed E-state index contributed by atoms with van der Waals surface area (Å²) in [6.45, 7) is -0.235. The standard InChI is InChI=1S/C16H12ClFN2O2/c17-12-3-7-14(8-4-12)22-10-16(21)20-15(9-19)11-1-5-13(18)6-2-11/h1-8,15H,10H2,(H,20,21)/t15-/m0/s1. The van der Waals surface area contributed by atoms with Gasteiger partial charge in [-0.05, 0) is 42.0 Å². The van der Waals surface area contributed by atoms with Gasteiger partial charge in [0.1, 0.15) is 17.6 Å². The van der Waals surface area contributed by atoms with Crippen LogP contribution in [0.4, 0.5) is 4.39 Å². The third kappa shape index (κ3) is 4.47. The number of rotatable bonds is 5. The Bertz CT molecular complexity index is 681. The van der Waals surface area contributed by atoms with E-state index in [-0.39, 0.29) is 6.61 Å². The highest BCUT2D eigenvalue weighted by Gasteiger charge is 2.14. The molecular weight excluding hydrogens is 307 g/mol. The summed E-state index contributed by atoms with van der Waals surface area (Å²) in [7, 11) is 0. The second kappa shape index (κ2) is 7.43. The lowest BCUT2D eigenvalue weighted by atomic mass is 10.1. The van der Waals surface area contributed by atoms with Crippen LogP contribution in [0.15, 0.2) is 48.5 Å². The van der Waals surface area contributed by atoms with Crippen LogP contribution in [0.25, 0.3) is 0 Å². The van der Waals surface area contributed by atoms with Gasteiger partial charge in [0.05, 0.1) is 6.07 Å². The van der Waals surface area contributed by atoms with Crippen LogP contribution in [0.5, 0.6) is 5.75 Å². The summed E-state index contributed by atoms with van der Waals surface area (Å²) in [4.78, 5) is 11.8. The highest BCUT2D eigenvalue weighted by molar-refractivity contribution is 6.30. The summed E-state index contributed by atoms with van der Waals surface area (Å²) in [5.74, 6) is -0.362. The molecule has 112 valence electrons. The molecule has 0 saturated carbocycles. The van der Waals surface area contributed by atoms with Crippen molar-refractivity contribution in [3.8, 4) is 11.8 Å². The molecule has 2 aromatic carbocycles. The molecule has 22 heavy (non-hydrogen) atoms. The van der Waals surface area contributed by atoms with E-state index in [9.17, 15) is 9.18 Å². The summed E-state index contributed by atoms with van der Waals surface area (Å²) in [5.41, 5.74) is 0.503. The molecule has 0 radical (unpaired) electrons. The van der Waals surface area contributed by atoms with Crippen LogP contribution in [-0.4, -0.2) is 12.5 Å². The maximum absolute atomic E-state index is 12.9. The fourth-order valence-electron chi connectivity index (χ4n) is 1.73. The van der Waals surface area contributed by atoms with E-state index in [4.69, 9.17) is 21.6 Å². The summed E-state index contributed by atoms with van der Waals surface area (Å²) >= 11 is 5.74. The Labute approximate surface area is 132 Å². The number of halogens is 2. The number of nitriles is 1. The van der Waals surface area contributed by atoms with Gasteiger partial charge in [0.2, 0.25) is 0 Å². The van der Waals surface area contributed by atoms with Gasteiger partial charge in [0.25, 0.3) is 5.91 Å². The zero-order valence-electron chi connectivity index (χ0n) is 11.4. The predicted octanol–water partition coefficient (Wildman–Crippen LogP) is 3.24. The Morgan fingerprint density at radius 3 is 2.45 bits per heavy atom. The van der Waals surface area contributed by atoms with Gasteiger partial charge in [-0.3, -0.25) is 4.79 Å². The molecule has 2 rings (SSSR count). The highest BCUT2D eigenvalue weighted by Crippen LogP contribution is 2.16. The maximum Gasteiger partial charge on any atom is 0.259 e. The average Bonchev–Trinajstić information content (AvgIpc) is 2.53. The Morgan fingerprint density at radius 1 is 1.23 bits per heavy atom. The van der Waals surface area contributed by atoms with Crippen molar-refractivity contribution in [1.29, 1.82) is 5.26 Å². The average molecular weight is 319 g/mol. The molecular formula is C16H12ClFN2O2. The minimum atomic E-state index is -0.859. The topological polar surface area (TPSA) is 62.1 Å². The van der Waals surface area contributed by atoms with E-state index < -0.39 is 17.8 Å². The molecule has 0 aliphatic heterocycles. The number of carbonyl (C=O) groups is 1. The van der Waals surface area contributed by atoms with E-state index >= 15 is 0 Å². The number of ether oxygens (including phenoxy) is 1. The number of nitrogens with zero attached hydrogens (tertiary/aromatic N) is 1. The molecule has 0 aliphatic carbocycles. The molecule has 1 atom stereocenters. The summed E-state index contributed by atoms with van der Waals surface area (Å²) in [6, 6.07) is 13.0. The van der Waals surface area contributed by atoms with Crippen molar-refractivity contribution in [2.75, 3.05) is 6.61 Å². The van der Waals surface area contributed by atoms with Crippen LogP contribution in [0, 0.1) is 17.1 Å². The molecule has 2 aromatic rings. The number of hydrogen-bond donors (Lipinski definition) is 1. The summed E-state index contributed by atoms with van der Waals surface area (Å²) in [6.07, 6.45) is 0. The summed E-state index contributed by atoms with van der Waals surface area (Å²) < 4.78 is 18.1. The lowest BCUT2D eigenvalue weighted by Crippen LogP contribution is -2.32. The van der Waals surface area contributed by atoms with Crippen LogP contribution in [0.2, 0.25) is 5.02 Å². The van der Waals surface area contributed by atoms with E-state index in [0.29, 0.717) is 16.3 Å². The normalized spacial score (nSPS) is 11.3. The van der Waals surface area contributed by atoms with Gasteiger partial charge in [-0.25, -0.2) is 4.39 Å². The molecule has 0 aromatic heterocycles. The zero-order valence-corrected chi connectivity index (χ0v) is 12.2. The largest absolute Gasteiger partial charge is 0.484 e. The number of carbonyl (C=O) groups excluding carboxylic acids is 1. The van der Waals surface area contributed by atoms with E-state index in [1.54, 1.807) is 24.3 Å². The fourth-order valence-corrected chi connectivity index (χ4v) is 1.85. The number of amides is 1. The van der Waals surface area contributed by atoms with Gasteiger partial charge in [-0.15, -0.1) is 0 Å². The second-order valence-electron chi connectivity index (χ2n) is 4.42. The van der Waals surface area contributed by atoms with Crippen LogP contribution < -0.4 is 10.1 Å². The third-order valence-electron chi connectivity index (χ3n) is 2.82. The lowest BCUT2D eigenvalue weighted by molar-refractivity contribution is -0.123. The quantitative estimate of drug-likeness (QED) is 0.920. The highest BCUT2D eigenvalue weighted by atomic mass is 35.5. The second-order valence-corrected chi connectivity index (χ2v) is 4.86.